The van der Waals surface area contributed by atoms with Gasteiger partial charge in [0.2, 0.25) is 0 Å². The van der Waals surface area contributed by atoms with Crippen LogP contribution in [0.4, 0.5) is 0 Å². The van der Waals surface area contributed by atoms with Gasteiger partial charge in [-0.15, -0.1) is 0 Å². The second kappa shape index (κ2) is 8.06. The Morgan fingerprint density at radius 1 is 0.889 bits per heavy atom. The summed E-state index contributed by atoms with van der Waals surface area (Å²) < 4.78 is 17.0. The first-order chi connectivity index (χ1) is 8.76. The van der Waals surface area contributed by atoms with Crippen LogP contribution in [0.3, 0.4) is 0 Å². The SMILES string of the molecule is CCO[Si](C#Cc1ccccc1)(OCC)OCC. The van der Waals surface area contributed by atoms with Crippen molar-refractivity contribution in [3.8, 4) is 11.5 Å². The lowest BCUT2D eigenvalue weighted by atomic mass is 10.2. The summed E-state index contributed by atoms with van der Waals surface area (Å²) in [5, 5.41) is 0. The monoisotopic (exact) mass is 264 g/mol. The van der Waals surface area contributed by atoms with Crippen molar-refractivity contribution in [3.05, 3.63) is 35.9 Å². The Morgan fingerprint density at radius 2 is 1.39 bits per heavy atom. The summed E-state index contributed by atoms with van der Waals surface area (Å²) in [6.07, 6.45) is 0. The van der Waals surface area contributed by atoms with Crippen molar-refractivity contribution in [2.75, 3.05) is 19.8 Å². The van der Waals surface area contributed by atoms with Crippen LogP contribution >= 0.6 is 0 Å². The van der Waals surface area contributed by atoms with Gasteiger partial charge in [-0.3, -0.25) is 0 Å². The number of hydrogen-bond acceptors (Lipinski definition) is 3. The predicted molar refractivity (Wildman–Crippen MR) is 74.0 cm³/mol. The van der Waals surface area contributed by atoms with Crippen LogP contribution in [0.2, 0.25) is 0 Å². The molecule has 0 aliphatic heterocycles. The van der Waals surface area contributed by atoms with Crippen molar-refractivity contribution in [2.24, 2.45) is 0 Å². The van der Waals surface area contributed by atoms with E-state index >= 15 is 0 Å². The zero-order valence-corrected chi connectivity index (χ0v) is 12.2. The topological polar surface area (TPSA) is 27.7 Å². The van der Waals surface area contributed by atoms with Crippen molar-refractivity contribution < 1.29 is 13.3 Å². The molecule has 0 radical (unpaired) electrons. The highest BCUT2D eigenvalue weighted by atomic mass is 28.4. The fourth-order valence-corrected chi connectivity index (χ4v) is 3.38. The van der Waals surface area contributed by atoms with Crippen LogP contribution in [-0.4, -0.2) is 28.6 Å². The average Bonchev–Trinajstić information content (AvgIpc) is 2.39. The molecule has 3 nitrogen and oxygen atoms in total. The minimum atomic E-state index is -2.84. The lowest BCUT2D eigenvalue weighted by Gasteiger charge is -2.22. The van der Waals surface area contributed by atoms with E-state index in [2.05, 4.69) is 11.5 Å². The molecular formula is C14H20O3Si. The Bertz CT molecular complexity index is 377. The third-order valence-corrected chi connectivity index (χ3v) is 4.57. The van der Waals surface area contributed by atoms with Gasteiger partial charge in [0.1, 0.15) is 0 Å². The van der Waals surface area contributed by atoms with Gasteiger partial charge < -0.3 is 13.3 Å². The first-order valence-corrected chi connectivity index (χ1v) is 7.99. The molecule has 1 rings (SSSR count). The Labute approximate surface area is 110 Å². The van der Waals surface area contributed by atoms with Crippen LogP contribution in [0.25, 0.3) is 0 Å². The Hall–Kier alpha value is -1.12. The van der Waals surface area contributed by atoms with Gasteiger partial charge in [-0.25, -0.2) is 0 Å². The van der Waals surface area contributed by atoms with E-state index in [1.807, 2.05) is 51.1 Å². The molecular weight excluding hydrogens is 244 g/mol. The Morgan fingerprint density at radius 3 is 1.83 bits per heavy atom. The van der Waals surface area contributed by atoms with Gasteiger partial charge in [0, 0.05) is 25.4 Å². The van der Waals surface area contributed by atoms with E-state index in [-0.39, 0.29) is 0 Å². The molecule has 18 heavy (non-hydrogen) atoms. The zero-order valence-electron chi connectivity index (χ0n) is 11.2. The molecule has 0 aromatic heterocycles. The maximum atomic E-state index is 5.65. The average molecular weight is 264 g/mol. The van der Waals surface area contributed by atoms with Gasteiger partial charge in [0.25, 0.3) is 0 Å². The van der Waals surface area contributed by atoms with E-state index in [4.69, 9.17) is 13.3 Å². The molecule has 0 saturated heterocycles. The van der Waals surface area contributed by atoms with Gasteiger partial charge in [-0.05, 0) is 38.4 Å². The van der Waals surface area contributed by atoms with Crippen LogP contribution in [0.15, 0.2) is 30.3 Å². The maximum absolute atomic E-state index is 5.65. The van der Waals surface area contributed by atoms with E-state index in [1.54, 1.807) is 0 Å². The number of hydrogen-bond donors (Lipinski definition) is 0. The first kappa shape index (κ1) is 14.9. The van der Waals surface area contributed by atoms with Crippen molar-refractivity contribution in [1.82, 2.24) is 0 Å². The van der Waals surface area contributed by atoms with Gasteiger partial charge in [-0.1, -0.05) is 24.1 Å². The van der Waals surface area contributed by atoms with E-state index < -0.39 is 8.80 Å². The smallest absolute Gasteiger partial charge is 0.364 e. The molecule has 98 valence electrons. The summed E-state index contributed by atoms with van der Waals surface area (Å²) in [7, 11) is -2.84. The standard InChI is InChI=1S/C14H20O3Si/c1-4-15-18(16-5-2,17-6-3)13-12-14-10-8-7-9-11-14/h7-11H,4-6H2,1-3H3. The highest BCUT2D eigenvalue weighted by Gasteiger charge is 2.39. The molecule has 0 N–H and O–H groups in total. The van der Waals surface area contributed by atoms with E-state index in [0.29, 0.717) is 19.8 Å². The molecule has 0 aliphatic rings. The van der Waals surface area contributed by atoms with Gasteiger partial charge in [-0.2, -0.15) is 0 Å². The minimum absolute atomic E-state index is 0.537. The summed E-state index contributed by atoms with van der Waals surface area (Å²) in [4.78, 5) is 0. The lowest BCUT2D eigenvalue weighted by Crippen LogP contribution is -2.45. The lowest BCUT2D eigenvalue weighted by molar-refractivity contribution is 0.0870. The molecule has 1 aromatic rings. The van der Waals surface area contributed by atoms with Gasteiger partial charge >= 0.3 is 8.80 Å². The highest BCUT2D eigenvalue weighted by molar-refractivity contribution is 6.69. The molecule has 0 atom stereocenters. The largest absolute Gasteiger partial charge is 0.591 e. The molecule has 0 amide bonds. The molecule has 0 unspecified atom stereocenters. The molecule has 1 aromatic carbocycles. The fourth-order valence-electron chi connectivity index (χ4n) is 1.47. The molecule has 0 bridgehead atoms. The number of benzene rings is 1. The van der Waals surface area contributed by atoms with E-state index in [1.165, 1.54) is 0 Å². The third kappa shape index (κ3) is 4.63. The van der Waals surface area contributed by atoms with E-state index in [9.17, 15) is 0 Å². The normalized spacial score (nSPS) is 10.8. The molecule has 0 aliphatic carbocycles. The molecule has 0 heterocycles. The van der Waals surface area contributed by atoms with E-state index in [0.717, 1.165) is 5.56 Å². The molecule has 0 saturated carbocycles. The minimum Gasteiger partial charge on any atom is -0.364 e. The fraction of sp³-hybridized carbons (Fsp3) is 0.429. The second-order valence-corrected chi connectivity index (χ2v) is 5.70. The first-order valence-electron chi connectivity index (χ1n) is 6.26. The van der Waals surface area contributed by atoms with Crippen LogP contribution in [0, 0.1) is 11.5 Å². The summed E-state index contributed by atoms with van der Waals surface area (Å²) >= 11 is 0. The summed E-state index contributed by atoms with van der Waals surface area (Å²) in [5.41, 5.74) is 4.01. The second-order valence-electron chi connectivity index (χ2n) is 3.47. The highest BCUT2D eigenvalue weighted by Crippen LogP contribution is 2.09. The van der Waals surface area contributed by atoms with Crippen molar-refractivity contribution in [1.29, 1.82) is 0 Å². The van der Waals surface area contributed by atoms with Crippen molar-refractivity contribution in [2.45, 2.75) is 20.8 Å². The predicted octanol–water partition coefficient (Wildman–Crippen LogP) is 2.63. The van der Waals surface area contributed by atoms with Gasteiger partial charge in [0.15, 0.2) is 0 Å². The van der Waals surface area contributed by atoms with Gasteiger partial charge in [0.05, 0.1) is 0 Å². The summed E-state index contributed by atoms with van der Waals surface area (Å²) in [5.74, 6) is 3.08. The third-order valence-electron chi connectivity index (χ3n) is 2.14. The van der Waals surface area contributed by atoms with Crippen molar-refractivity contribution in [3.63, 3.8) is 0 Å². The van der Waals surface area contributed by atoms with Crippen LogP contribution in [0.1, 0.15) is 26.3 Å². The van der Waals surface area contributed by atoms with Crippen LogP contribution < -0.4 is 0 Å². The zero-order chi connectivity index (χ0) is 13.3. The maximum Gasteiger partial charge on any atom is 0.591 e. The molecule has 0 spiro atoms. The Balaban J connectivity index is 2.92. The summed E-state index contributed by atoms with van der Waals surface area (Å²) in [6.45, 7) is 7.37. The van der Waals surface area contributed by atoms with Crippen LogP contribution in [-0.2, 0) is 13.3 Å². The summed E-state index contributed by atoms with van der Waals surface area (Å²) in [6, 6.07) is 9.78. The quantitative estimate of drug-likeness (QED) is 0.584. The van der Waals surface area contributed by atoms with Crippen molar-refractivity contribution >= 4 is 8.80 Å². The Kier molecular flexibility index (Phi) is 6.69. The molecule has 4 heteroatoms. The number of rotatable bonds is 6. The molecule has 0 fully saturated rings. The van der Waals surface area contributed by atoms with Crippen LogP contribution in [0.5, 0.6) is 0 Å².